The van der Waals surface area contributed by atoms with Crippen LogP contribution in [0.15, 0.2) is 163 Å². The van der Waals surface area contributed by atoms with Crippen LogP contribution in [-0.4, -0.2) is 0 Å². The number of hydrogen-bond donors (Lipinski definition) is 0. The molecule has 0 unspecified atom stereocenters. The first-order chi connectivity index (χ1) is 23.2. The summed E-state index contributed by atoms with van der Waals surface area (Å²) in [6.07, 6.45) is 5.18. The summed E-state index contributed by atoms with van der Waals surface area (Å²) in [5, 5.41) is 7.09. The van der Waals surface area contributed by atoms with Gasteiger partial charge in [-0.3, -0.25) is 0 Å². The molecule has 0 aliphatic carbocycles. The molecule has 47 heavy (non-hydrogen) atoms. The summed E-state index contributed by atoms with van der Waals surface area (Å²) in [5.41, 5.74) is 12.0. The van der Waals surface area contributed by atoms with Crippen molar-refractivity contribution >= 4 is 60.7 Å². The Morgan fingerprint density at radius 3 is 1.81 bits per heavy atom. The standard InChI is InChI=1S/C46H34O/c1-4-17-36(34-21-9-8-20-33(34)30(3)32-19-7-6-18-31(32)5-2)44-37-23-10-12-25-39(37)45(40-26-13-11-24-38(40)44)42-28-16-27-41-35-22-14-15-29-43(35)47-46(41)42/h5-29H,2-4H2,1H3/b36-17+. The Morgan fingerprint density at radius 1 is 0.574 bits per heavy atom. The molecule has 0 saturated heterocycles. The van der Waals surface area contributed by atoms with E-state index >= 15 is 0 Å². The maximum atomic E-state index is 6.60. The Labute approximate surface area is 275 Å². The number of rotatable bonds is 7. The maximum Gasteiger partial charge on any atom is 0.143 e. The fourth-order valence-electron chi connectivity index (χ4n) is 7.28. The Hall–Kier alpha value is -5.92. The van der Waals surface area contributed by atoms with Crippen molar-refractivity contribution in [3.8, 4) is 11.1 Å². The number of para-hydroxylation sites is 2. The van der Waals surface area contributed by atoms with Gasteiger partial charge in [-0.25, -0.2) is 0 Å². The van der Waals surface area contributed by atoms with E-state index in [1.807, 2.05) is 18.2 Å². The Morgan fingerprint density at radius 2 is 1.13 bits per heavy atom. The highest BCUT2D eigenvalue weighted by Gasteiger charge is 2.23. The van der Waals surface area contributed by atoms with Crippen LogP contribution >= 0.6 is 0 Å². The van der Waals surface area contributed by atoms with Gasteiger partial charge in [-0.15, -0.1) is 0 Å². The minimum Gasteiger partial charge on any atom is -0.455 e. The van der Waals surface area contributed by atoms with Crippen molar-refractivity contribution in [2.45, 2.75) is 13.3 Å². The average Bonchev–Trinajstić information content (AvgIpc) is 3.52. The lowest BCUT2D eigenvalue weighted by molar-refractivity contribution is 0.670. The molecule has 0 amide bonds. The van der Waals surface area contributed by atoms with Gasteiger partial charge >= 0.3 is 0 Å². The zero-order valence-electron chi connectivity index (χ0n) is 26.5. The van der Waals surface area contributed by atoms with Crippen LogP contribution < -0.4 is 0 Å². The van der Waals surface area contributed by atoms with Crippen LogP contribution in [-0.2, 0) is 0 Å². The highest BCUT2D eigenvalue weighted by molar-refractivity contribution is 6.23. The third-order valence-corrected chi connectivity index (χ3v) is 9.33. The Balaban J connectivity index is 1.44. The van der Waals surface area contributed by atoms with E-state index in [1.165, 1.54) is 43.8 Å². The van der Waals surface area contributed by atoms with E-state index in [9.17, 15) is 0 Å². The van der Waals surface area contributed by atoms with Gasteiger partial charge in [-0.2, -0.15) is 0 Å². The molecular formula is C46H34O. The minimum absolute atomic E-state index is 0.891. The maximum absolute atomic E-state index is 6.60. The van der Waals surface area contributed by atoms with Crippen LogP contribution in [0.4, 0.5) is 0 Å². The first-order valence-electron chi connectivity index (χ1n) is 16.2. The number of allylic oxidation sites excluding steroid dienone is 1. The van der Waals surface area contributed by atoms with Crippen molar-refractivity contribution in [1.29, 1.82) is 0 Å². The van der Waals surface area contributed by atoms with E-state index in [0.29, 0.717) is 0 Å². The molecule has 0 aliphatic rings. The molecule has 0 saturated carbocycles. The normalized spacial score (nSPS) is 11.9. The van der Waals surface area contributed by atoms with Gasteiger partial charge in [-0.05, 0) is 73.0 Å². The van der Waals surface area contributed by atoms with Gasteiger partial charge < -0.3 is 4.42 Å². The average molecular weight is 603 g/mol. The summed E-state index contributed by atoms with van der Waals surface area (Å²) >= 11 is 0. The molecule has 8 rings (SSSR count). The zero-order valence-corrected chi connectivity index (χ0v) is 26.5. The van der Waals surface area contributed by atoms with Gasteiger partial charge in [-0.1, -0.05) is 166 Å². The van der Waals surface area contributed by atoms with Crippen molar-refractivity contribution in [1.82, 2.24) is 0 Å². The largest absolute Gasteiger partial charge is 0.455 e. The fourth-order valence-corrected chi connectivity index (χ4v) is 7.28. The van der Waals surface area contributed by atoms with Crippen LogP contribution in [0.1, 0.15) is 41.2 Å². The molecule has 1 heteroatoms. The zero-order chi connectivity index (χ0) is 31.9. The third-order valence-electron chi connectivity index (χ3n) is 9.33. The van der Waals surface area contributed by atoms with Crippen LogP contribution in [0.5, 0.6) is 0 Å². The van der Waals surface area contributed by atoms with Crippen LogP contribution in [0.3, 0.4) is 0 Å². The van der Waals surface area contributed by atoms with Crippen molar-refractivity contribution in [2.75, 3.05) is 0 Å². The summed E-state index contributed by atoms with van der Waals surface area (Å²) in [6.45, 7) is 10.9. The van der Waals surface area contributed by atoms with Crippen molar-refractivity contribution < 1.29 is 4.42 Å². The second-order valence-corrected chi connectivity index (χ2v) is 12.0. The molecule has 0 aliphatic heterocycles. The lowest BCUT2D eigenvalue weighted by Gasteiger charge is -2.22. The summed E-state index contributed by atoms with van der Waals surface area (Å²) in [7, 11) is 0. The minimum atomic E-state index is 0.891. The molecule has 0 bridgehead atoms. The summed E-state index contributed by atoms with van der Waals surface area (Å²) in [4.78, 5) is 0. The Bertz CT molecular complexity index is 2480. The van der Waals surface area contributed by atoms with Gasteiger partial charge in [0.25, 0.3) is 0 Å². The molecule has 0 radical (unpaired) electrons. The number of benzene rings is 7. The van der Waals surface area contributed by atoms with E-state index in [4.69, 9.17) is 4.42 Å². The van der Waals surface area contributed by atoms with Crippen LogP contribution in [0, 0.1) is 0 Å². The quantitative estimate of drug-likeness (QED) is 0.165. The molecule has 0 fully saturated rings. The van der Waals surface area contributed by atoms with E-state index in [2.05, 4.69) is 154 Å². The molecule has 1 nitrogen and oxygen atoms in total. The molecule has 0 spiro atoms. The summed E-state index contributed by atoms with van der Waals surface area (Å²) in [6, 6.07) is 49.5. The van der Waals surface area contributed by atoms with Gasteiger partial charge in [0, 0.05) is 21.9 Å². The first kappa shape index (κ1) is 28.5. The number of hydrogen-bond acceptors (Lipinski definition) is 1. The number of fused-ring (bicyclic) bond motifs is 5. The van der Waals surface area contributed by atoms with E-state index in [0.717, 1.165) is 56.2 Å². The predicted octanol–water partition coefficient (Wildman–Crippen LogP) is 13.1. The van der Waals surface area contributed by atoms with Crippen LogP contribution in [0.2, 0.25) is 0 Å². The SMILES string of the molecule is C=Cc1ccccc1C(=C)c1ccccc1/C(=C\CC)c1c2ccccc2c(-c2cccc3c2oc2ccccc23)c2ccccc12. The second kappa shape index (κ2) is 11.8. The second-order valence-electron chi connectivity index (χ2n) is 12.0. The first-order valence-corrected chi connectivity index (χ1v) is 16.2. The highest BCUT2D eigenvalue weighted by Crippen LogP contribution is 2.47. The van der Waals surface area contributed by atoms with Crippen molar-refractivity contribution in [3.05, 3.63) is 187 Å². The molecule has 1 heterocycles. The summed E-state index contributed by atoms with van der Waals surface area (Å²) < 4.78 is 6.60. The molecule has 0 N–H and O–H groups in total. The van der Waals surface area contributed by atoms with Crippen molar-refractivity contribution in [2.24, 2.45) is 0 Å². The van der Waals surface area contributed by atoms with Crippen molar-refractivity contribution in [3.63, 3.8) is 0 Å². The van der Waals surface area contributed by atoms with E-state index in [1.54, 1.807) is 0 Å². The molecule has 8 aromatic rings. The molecule has 0 atom stereocenters. The monoisotopic (exact) mass is 602 g/mol. The summed E-state index contributed by atoms with van der Waals surface area (Å²) in [5.74, 6) is 0. The van der Waals surface area contributed by atoms with Gasteiger partial charge in [0.05, 0.1) is 0 Å². The van der Waals surface area contributed by atoms with Gasteiger partial charge in [0.15, 0.2) is 0 Å². The number of furan rings is 1. The molecular weight excluding hydrogens is 569 g/mol. The van der Waals surface area contributed by atoms with E-state index < -0.39 is 0 Å². The Kier molecular flexibility index (Phi) is 7.16. The lowest BCUT2D eigenvalue weighted by atomic mass is 9.81. The van der Waals surface area contributed by atoms with Gasteiger partial charge in [0.2, 0.25) is 0 Å². The third kappa shape index (κ3) is 4.63. The molecule has 7 aromatic carbocycles. The topological polar surface area (TPSA) is 13.1 Å². The van der Waals surface area contributed by atoms with Gasteiger partial charge in [0.1, 0.15) is 11.2 Å². The van der Waals surface area contributed by atoms with Crippen LogP contribution in [0.25, 0.3) is 71.8 Å². The highest BCUT2D eigenvalue weighted by atomic mass is 16.3. The fraction of sp³-hybridized carbons (Fsp3) is 0.0435. The smallest absolute Gasteiger partial charge is 0.143 e. The predicted molar refractivity (Wildman–Crippen MR) is 203 cm³/mol. The molecule has 1 aromatic heterocycles. The van der Waals surface area contributed by atoms with E-state index in [-0.39, 0.29) is 0 Å². The lowest BCUT2D eigenvalue weighted by Crippen LogP contribution is -2.00. The molecule has 224 valence electrons.